The lowest BCUT2D eigenvalue weighted by molar-refractivity contribution is -0.0954. The first kappa shape index (κ1) is 21.5. The van der Waals surface area contributed by atoms with Gasteiger partial charge in [0.25, 0.3) is 0 Å². The van der Waals surface area contributed by atoms with E-state index in [0.29, 0.717) is 11.3 Å². The molecular formula is C25H25IN2O4. The van der Waals surface area contributed by atoms with Gasteiger partial charge in [-0.3, -0.25) is 0 Å². The Bertz CT molecular complexity index is 1190. The van der Waals surface area contributed by atoms with Crippen LogP contribution in [-0.2, 0) is 5.41 Å². The summed E-state index contributed by atoms with van der Waals surface area (Å²) in [4.78, 5) is 2.13. The summed E-state index contributed by atoms with van der Waals surface area (Å²) in [6.45, 7) is 4.32. The molecule has 0 radical (unpaired) electrons. The predicted molar refractivity (Wildman–Crippen MR) is 131 cm³/mol. The van der Waals surface area contributed by atoms with Crippen LogP contribution in [0.25, 0.3) is 11.3 Å². The molecule has 6 nitrogen and oxygen atoms in total. The molecule has 3 N–H and O–H groups in total. The van der Waals surface area contributed by atoms with Crippen LogP contribution in [0.2, 0.25) is 0 Å². The molecule has 1 aliphatic heterocycles. The number of likely N-dealkylation sites (N-methyl/N-ethyl adjacent to an activating group) is 1. The van der Waals surface area contributed by atoms with Crippen LogP contribution in [0.5, 0.6) is 5.95 Å². The third-order valence-corrected chi connectivity index (χ3v) is 7.63. The minimum absolute atomic E-state index is 0.260. The van der Waals surface area contributed by atoms with Gasteiger partial charge in [0.05, 0.1) is 17.8 Å². The first-order chi connectivity index (χ1) is 15.2. The summed E-state index contributed by atoms with van der Waals surface area (Å²) in [5.74, 6) is -1.52. The minimum Gasteiger partial charge on any atom is -0.479 e. The molecule has 2 aliphatic rings. The number of rotatable bonds is 3. The predicted octanol–water partition coefficient (Wildman–Crippen LogP) is 4.40. The molecule has 0 amide bonds. The zero-order valence-corrected chi connectivity index (χ0v) is 20.2. The third kappa shape index (κ3) is 3.09. The molecule has 1 aromatic heterocycles. The normalized spacial score (nSPS) is 27.4. The van der Waals surface area contributed by atoms with Gasteiger partial charge in [-0.1, -0.05) is 55.4 Å². The Morgan fingerprint density at radius 3 is 2.47 bits per heavy atom. The number of allylic oxidation sites excluding steroid dienone is 1. The fourth-order valence-electron chi connectivity index (χ4n) is 5.16. The standard InChI is InChI=1S/C25H25IN2O4/c1-25(2)16-11-14(26)9-10-17(16)28(3)18(25)12-15-22(29)20(23(15)30)19-21(27-32-24(19)31)13-7-5-4-6-8-13/h4-12,15,20,22-23,29-31H,1-3H3/b18-12+. The van der Waals surface area contributed by atoms with E-state index in [0.717, 1.165) is 16.9 Å². The summed E-state index contributed by atoms with van der Waals surface area (Å²) in [5, 5.41) is 36.5. The van der Waals surface area contributed by atoms with Gasteiger partial charge in [-0.05, 0) is 46.4 Å². The Kier molecular flexibility index (Phi) is 5.11. The number of anilines is 1. The molecule has 32 heavy (non-hydrogen) atoms. The van der Waals surface area contributed by atoms with E-state index in [1.165, 1.54) is 9.13 Å². The number of aliphatic hydroxyl groups excluding tert-OH is 2. The van der Waals surface area contributed by atoms with Crippen molar-refractivity contribution in [1.29, 1.82) is 0 Å². The maximum Gasteiger partial charge on any atom is 0.313 e. The Morgan fingerprint density at radius 1 is 1.09 bits per heavy atom. The molecular weight excluding hydrogens is 519 g/mol. The Balaban J connectivity index is 1.48. The summed E-state index contributed by atoms with van der Waals surface area (Å²) in [5.41, 5.74) is 4.68. The van der Waals surface area contributed by atoms with Crippen LogP contribution in [0.15, 0.2) is 64.8 Å². The van der Waals surface area contributed by atoms with E-state index in [1.807, 2.05) is 43.5 Å². The highest BCUT2D eigenvalue weighted by molar-refractivity contribution is 14.1. The average Bonchev–Trinajstić information content (AvgIpc) is 3.22. The molecule has 0 bridgehead atoms. The quantitative estimate of drug-likeness (QED) is 0.424. The Morgan fingerprint density at radius 2 is 1.78 bits per heavy atom. The van der Waals surface area contributed by atoms with Crippen molar-refractivity contribution in [3.63, 3.8) is 0 Å². The maximum absolute atomic E-state index is 11.1. The molecule has 0 saturated heterocycles. The highest BCUT2D eigenvalue weighted by Crippen LogP contribution is 2.52. The molecule has 0 spiro atoms. The van der Waals surface area contributed by atoms with E-state index in [9.17, 15) is 15.3 Å². The van der Waals surface area contributed by atoms with Crippen molar-refractivity contribution in [1.82, 2.24) is 5.16 Å². The molecule has 1 aliphatic carbocycles. The fraction of sp³-hybridized carbons (Fsp3) is 0.320. The molecule has 2 aromatic carbocycles. The summed E-state index contributed by atoms with van der Waals surface area (Å²) in [7, 11) is 2.01. The van der Waals surface area contributed by atoms with Gasteiger partial charge in [-0.2, -0.15) is 0 Å². The number of aliphatic hydroxyl groups is 2. The van der Waals surface area contributed by atoms with Crippen LogP contribution in [0, 0.1) is 9.49 Å². The highest BCUT2D eigenvalue weighted by Gasteiger charge is 2.53. The van der Waals surface area contributed by atoms with E-state index >= 15 is 0 Å². The number of hydrogen-bond acceptors (Lipinski definition) is 6. The van der Waals surface area contributed by atoms with E-state index in [-0.39, 0.29) is 11.4 Å². The van der Waals surface area contributed by atoms with Crippen LogP contribution >= 0.6 is 22.6 Å². The minimum atomic E-state index is -0.877. The summed E-state index contributed by atoms with van der Waals surface area (Å²) in [6.07, 6.45) is 0.224. The van der Waals surface area contributed by atoms with Gasteiger partial charge in [0, 0.05) is 44.8 Å². The summed E-state index contributed by atoms with van der Waals surface area (Å²) in [6, 6.07) is 15.7. The largest absolute Gasteiger partial charge is 0.479 e. The van der Waals surface area contributed by atoms with Crippen molar-refractivity contribution >= 4 is 28.3 Å². The molecule has 1 saturated carbocycles. The van der Waals surface area contributed by atoms with Gasteiger partial charge in [-0.15, -0.1) is 0 Å². The van der Waals surface area contributed by atoms with Crippen molar-refractivity contribution in [2.45, 2.75) is 37.4 Å². The van der Waals surface area contributed by atoms with Gasteiger partial charge in [-0.25, -0.2) is 0 Å². The van der Waals surface area contributed by atoms with Crippen molar-refractivity contribution in [3.05, 3.63) is 75.0 Å². The second-order valence-electron chi connectivity index (χ2n) is 9.10. The first-order valence-electron chi connectivity index (χ1n) is 10.6. The van der Waals surface area contributed by atoms with Crippen LogP contribution < -0.4 is 4.90 Å². The van der Waals surface area contributed by atoms with Crippen LogP contribution in [0.3, 0.4) is 0 Å². The summed E-state index contributed by atoms with van der Waals surface area (Å²) >= 11 is 2.32. The number of hydrogen-bond donors (Lipinski definition) is 3. The molecule has 3 aromatic rings. The second kappa shape index (κ2) is 7.60. The molecule has 2 unspecified atom stereocenters. The van der Waals surface area contributed by atoms with E-state index in [1.54, 1.807) is 0 Å². The lowest BCUT2D eigenvalue weighted by atomic mass is 9.64. The summed E-state index contributed by atoms with van der Waals surface area (Å²) < 4.78 is 6.21. The number of aromatic hydroxyl groups is 1. The highest BCUT2D eigenvalue weighted by atomic mass is 127. The fourth-order valence-corrected chi connectivity index (χ4v) is 5.65. The number of aromatic nitrogens is 1. The monoisotopic (exact) mass is 544 g/mol. The third-order valence-electron chi connectivity index (χ3n) is 6.96. The number of nitrogens with zero attached hydrogens (tertiary/aromatic N) is 2. The smallest absolute Gasteiger partial charge is 0.313 e. The number of benzene rings is 2. The van der Waals surface area contributed by atoms with E-state index in [4.69, 9.17) is 4.52 Å². The molecule has 2 atom stereocenters. The maximum atomic E-state index is 11.1. The molecule has 5 rings (SSSR count). The van der Waals surface area contributed by atoms with Crippen molar-refractivity contribution in [3.8, 4) is 17.2 Å². The van der Waals surface area contributed by atoms with Gasteiger partial charge in [0.1, 0.15) is 5.69 Å². The number of fused-ring (bicyclic) bond motifs is 1. The Labute approximate surface area is 200 Å². The van der Waals surface area contributed by atoms with Crippen LogP contribution in [0.1, 0.15) is 30.9 Å². The second-order valence-corrected chi connectivity index (χ2v) is 10.3. The van der Waals surface area contributed by atoms with Gasteiger partial charge >= 0.3 is 5.95 Å². The van der Waals surface area contributed by atoms with Gasteiger partial charge in [0.15, 0.2) is 0 Å². The lowest BCUT2D eigenvalue weighted by Crippen LogP contribution is -2.53. The van der Waals surface area contributed by atoms with Gasteiger partial charge < -0.3 is 24.7 Å². The van der Waals surface area contributed by atoms with Crippen LogP contribution in [-0.4, -0.2) is 39.7 Å². The van der Waals surface area contributed by atoms with Crippen molar-refractivity contribution < 1.29 is 19.8 Å². The Hall–Kier alpha value is -2.36. The van der Waals surface area contributed by atoms with Crippen molar-refractivity contribution in [2.24, 2.45) is 5.92 Å². The molecule has 2 heterocycles. The van der Waals surface area contributed by atoms with Crippen LogP contribution in [0.4, 0.5) is 5.69 Å². The topological polar surface area (TPSA) is 90.0 Å². The van der Waals surface area contributed by atoms with Crippen molar-refractivity contribution in [2.75, 3.05) is 11.9 Å². The SMILES string of the molecule is CN1/C(=C/C2C(O)C(c3c(-c4ccccc4)noc3O)C2O)C(C)(C)c2cc(I)ccc21. The lowest BCUT2D eigenvalue weighted by Gasteiger charge is -2.45. The molecule has 166 valence electrons. The zero-order valence-electron chi connectivity index (χ0n) is 18.0. The zero-order chi connectivity index (χ0) is 22.8. The molecule has 1 fully saturated rings. The molecule has 7 heteroatoms. The van der Waals surface area contributed by atoms with E-state index < -0.39 is 24.0 Å². The van der Waals surface area contributed by atoms with E-state index in [2.05, 4.69) is 64.7 Å². The number of halogens is 1. The average molecular weight is 544 g/mol. The van der Waals surface area contributed by atoms with Gasteiger partial charge in [0.2, 0.25) is 0 Å². The first-order valence-corrected chi connectivity index (χ1v) is 11.7.